The second-order valence-corrected chi connectivity index (χ2v) is 6.72. The van der Waals surface area contributed by atoms with Gasteiger partial charge in [-0.3, -0.25) is 0 Å². The van der Waals surface area contributed by atoms with Gasteiger partial charge in [0.15, 0.2) is 0 Å². The molecule has 0 saturated heterocycles. The highest BCUT2D eigenvalue weighted by Crippen LogP contribution is 2.45. The van der Waals surface area contributed by atoms with E-state index in [-0.39, 0.29) is 5.92 Å². The van der Waals surface area contributed by atoms with E-state index in [1.807, 2.05) is 24.3 Å². The summed E-state index contributed by atoms with van der Waals surface area (Å²) >= 11 is 0. The Morgan fingerprint density at radius 2 is 2.12 bits per heavy atom. The van der Waals surface area contributed by atoms with Crippen molar-refractivity contribution in [2.75, 3.05) is 18.2 Å². The molecule has 24 heavy (non-hydrogen) atoms. The molecule has 4 nitrogen and oxygen atoms in total. The Hall–Kier alpha value is -2.46. The smallest absolute Gasteiger partial charge is 0.122 e. The molecule has 0 spiro atoms. The quantitative estimate of drug-likeness (QED) is 0.740. The second-order valence-electron chi connectivity index (χ2n) is 6.72. The van der Waals surface area contributed by atoms with Crippen molar-refractivity contribution in [1.29, 1.82) is 0 Å². The molecule has 2 unspecified atom stereocenters. The normalized spacial score (nSPS) is 24.7. The predicted octanol–water partition coefficient (Wildman–Crippen LogP) is 3.49. The lowest BCUT2D eigenvalue weighted by molar-refractivity contribution is 0.369. The Morgan fingerprint density at radius 3 is 2.96 bits per heavy atom. The number of anilines is 2. The molecule has 1 heterocycles. The topological polar surface area (TPSA) is 73.3 Å². The highest BCUT2D eigenvalue weighted by molar-refractivity contribution is 5.75. The fraction of sp³-hybridized carbons (Fsp3) is 0.300. The van der Waals surface area contributed by atoms with Crippen LogP contribution in [0.15, 0.2) is 42.5 Å². The fourth-order valence-corrected chi connectivity index (χ4v) is 4.04. The van der Waals surface area contributed by atoms with E-state index in [0.29, 0.717) is 0 Å². The molecular formula is C20H23N3O. The Bertz CT molecular complexity index is 800. The van der Waals surface area contributed by atoms with Crippen molar-refractivity contribution in [3.05, 3.63) is 59.2 Å². The first-order valence-electron chi connectivity index (χ1n) is 8.42. The molecule has 2 aliphatic rings. The lowest BCUT2D eigenvalue weighted by atomic mass is 9.74. The molecule has 2 aromatic carbocycles. The van der Waals surface area contributed by atoms with Crippen LogP contribution >= 0.6 is 0 Å². The highest BCUT2D eigenvalue weighted by atomic mass is 16.5. The molecule has 0 bridgehead atoms. The number of nitrogens with one attached hydrogen (secondary N) is 1. The van der Waals surface area contributed by atoms with Crippen molar-refractivity contribution in [2.45, 2.75) is 30.8 Å². The van der Waals surface area contributed by atoms with Crippen LogP contribution in [0.1, 0.15) is 35.4 Å². The lowest BCUT2D eigenvalue weighted by Crippen LogP contribution is -2.53. The van der Waals surface area contributed by atoms with E-state index in [9.17, 15) is 0 Å². The lowest BCUT2D eigenvalue weighted by Gasteiger charge is -2.42. The molecule has 1 aliphatic heterocycles. The third-order valence-corrected chi connectivity index (χ3v) is 5.21. The van der Waals surface area contributed by atoms with E-state index in [0.717, 1.165) is 42.0 Å². The monoisotopic (exact) mass is 321 g/mol. The van der Waals surface area contributed by atoms with Crippen LogP contribution in [0.2, 0.25) is 0 Å². The molecule has 0 amide bonds. The minimum Gasteiger partial charge on any atom is -0.496 e. The average Bonchev–Trinajstić information content (AvgIpc) is 2.61. The summed E-state index contributed by atoms with van der Waals surface area (Å²) in [4.78, 5) is 0. The number of aryl methyl sites for hydroxylation is 1. The summed E-state index contributed by atoms with van der Waals surface area (Å²) in [6, 6.07) is 12.2. The zero-order valence-electron chi connectivity index (χ0n) is 13.9. The largest absolute Gasteiger partial charge is 0.496 e. The molecule has 2 aromatic rings. The van der Waals surface area contributed by atoms with Gasteiger partial charge in [-0.25, -0.2) is 0 Å². The van der Waals surface area contributed by atoms with Crippen LogP contribution in [0, 0.1) is 0 Å². The van der Waals surface area contributed by atoms with Crippen LogP contribution in [0.5, 0.6) is 5.75 Å². The van der Waals surface area contributed by atoms with E-state index >= 15 is 0 Å². The molecule has 0 radical (unpaired) electrons. The Balaban J connectivity index is 1.77. The maximum Gasteiger partial charge on any atom is 0.122 e. The van der Waals surface area contributed by atoms with Gasteiger partial charge in [-0.2, -0.15) is 0 Å². The van der Waals surface area contributed by atoms with Crippen molar-refractivity contribution < 1.29 is 4.74 Å². The highest BCUT2D eigenvalue weighted by Gasteiger charge is 2.39. The number of nitrogen functional groups attached to an aromatic ring is 1. The van der Waals surface area contributed by atoms with E-state index in [4.69, 9.17) is 16.2 Å². The number of rotatable bonds is 2. The minimum absolute atomic E-state index is 0.166. The van der Waals surface area contributed by atoms with Gasteiger partial charge >= 0.3 is 0 Å². The van der Waals surface area contributed by atoms with E-state index < -0.39 is 5.66 Å². The standard InChI is InChI=1S/C20H23N3O/c1-24-18-7-3-5-13-4-2-6-16(19(13)18)20(22)11-10-14-12-15(21)8-9-17(14)23-20/h3,5,7-12,16,23H,2,4,6,21-22H2,1H3. The van der Waals surface area contributed by atoms with Crippen LogP contribution in [0.25, 0.3) is 6.08 Å². The zero-order chi connectivity index (χ0) is 16.7. The maximum atomic E-state index is 6.84. The van der Waals surface area contributed by atoms with Crippen LogP contribution in [-0.4, -0.2) is 12.8 Å². The van der Waals surface area contributed by atoms with Crippen LogP contribution in [0.3, 0.4) is 0 Å². The SMILES string of the molecule is COc1cccc2c1C(C1(N)C=Cc3cc(N)ccc3N1)CCC2. The van der Waals surface area contributed by atoms with Gasteiger partial charge in [-0.05, 0) is 60.7 Å². The molecular weight excluding hydrogens is 298 g/mol. The first-order chi connectivity index (χ1) is 11.6. The van der Waals surface area contributed by atoms with Crippen molar-refractivity contribution in [3.8, 4) is 5.75 Å². The first-order valence-corrected chi connectivity index (χ1v) is 8.42. The first kappa shape index (κ1) is 15.1. The summed E-state index contributed by atoms with van der Waals surface area (Å²) in [5, 5.41) is 3.54. The van der Waals surface area contributed by atoms with E-state index in [2.05, 4.69) is 29.6 Å². The van der Waals surface area contributed by atoms with Gasteiger partial charge < -0.3 is 21.5 Å². The number of ether oxygens (including phenoxy) is 1. The van der Waals surface area contributed by atoms with Crippen molar-refractivity contribution in [1.82, 2.24) is 0 Å². The van der Waals surface area contributed by atoms with Gasteiger partial charge in [0, 0.05) is 22.9 Å². The van der Waals surface area contributed by atoms with Gasteiger partial charge in [0.2, 0.25) is 0 Å². The van der Waals surface area contributed by atoms with E-state index in [1.54, 1.807) is 7.11 Å². The molecule has 4 rings (SSSR count). The van der Waals surface area contributed by atoms with Gasteiger partial charge in [-0.1, -0.05) is 18.2 Å². The molecule has 0 aromatic heterocycles. The number of hydrogen-bond donors (Lipinski definition) is 3. The summed E-state index contributed by atoms with van der Waals surface area (Å²) in [6.45, 7) is 0. The van der Waals surface area contributed by atoms with Gasteiger partial charge in [-0.15, -0.1) is 0 Å². The van der Waals surface area contributed by atoms with Crippen LogP contribution in [0.4, 0.5) is 11.4 Å². The minimum atomic E-state index is -0.632. The summed E-state index contributed by atoms with van der Waals surface area (Å²) in [7, 11) is 1.73. The van der Waals surface area contributed by atoms with Crippen LogP contribution < -0.4 is 21.5 Å². The third-order valence-electron chi connectivity index (χ3n) is 5.21. The molecule has 4 heteroatoms. The fourth-order valence-electron chi connectivity index (χ4n) is 4.04. The summed E-state index contributed by atoms with van der Waals surface area (Å²) < 4.78 is 5.64. The number of benzene rings is 2. The third kappa shape index (κ3) is 2.34. The molecule has 5 N–H and O–H groups in total. The summed E-state index contributed by atoms with van der Waals surface area (Å²) in [5.74, 6) is 1.10. The van der Waals surface area contributed by atoms with Gasteiger partial charge in [0.1, 0.15) is 11.4 Å². The average molecular weight is 321 g/mol. The van der Waals surface area contributed by atoms with Crippen LogP contribution in [-0.2, 0) is 6.42 Å². The van der Waals surface area contributed by atoms with Gasteiger partial charge in [0.25, 0.3) is 0 Å². The zero-order valence-corrected chi connectivity index (χ0v) is 13.9. The number of fused-ring (bicyclic) bond motifs is 2. The molecule has 2 atom stereocenters. The summed E-state index contributed by atoms with van der Waals surface area (Å²) in [5.41, 5.74) is 17.5. The molecule has 124 valence electrons. The number of hydrogen-bond acceptors (Lipinski definition) is 4. The van der Waals surface area contributed by atoms with Gasteiger partial charge in [0.05, 0.1) is 7.11 Å². The predicted molar refractivity (Wildman–Crippen MR) is 99.1 cm³/mol. The molecule has 0 saturated carbocycles. The Morgan fingerprint density at radius 1 is 1.25 bits per heavy atom. The molecule has 0 fully saturated rings. The maximum absolute atomic E-state index is 6.84. The van der Waals surface area contributed by atoms with Crippen molar-refractivity contribution in [3.63, 3.8) is 0 Å². The van der Waals surface area contributed by atoms with E-state index in [1.165, 1.54) is 11.1 Å². The second kappa shape index (κ2) is 5.56. The Labute approximate surface area is 142 Å². The Kier molecular flexibility index (Phi) is 3.50. The van der Waals surface area contributed by atoms with Crippen molar-refractivity contribution in [2.24, 2.45) is 5.73 Å². The summed E-state index contributed by atoms with van der Waals surface area (Å²) in [6.07, 6.45) is 7.39. The molecule has 1 aliphatic carbocycles. The number of nitrogens with two attached hydrogens (primary N) is 2. The number of methoxy groups -OCH3 is 1. The van der Waals surface area contributed by atoms with Crippen molar-refractivity contribution >= 4 is 17.5 Å².